The zero-order valence-corrected chi connectivity index (χ0v) is 16.3. The summed E-state index contributed by atoms with van der Waals surface area (Å²) in [5, 5.41) is 2.67. The van der Waals surface area contributed by atoms with Crippen LogP contribution in [0.2, 0.25) is 0 Å². The molecule has 0 aliphatic rings. The molecule has 0 aliphatic heterocycles. The predicted octanol–water partition coefficient (Wildman–Crippen LogP) is 2.97. The second kappa shape index (κ2) is 9.78. The molecule has 0 fully saturated rings. The largest absolute Gasteiger partial charge is 0.452 e. The van der Waals surface area contributed by atoms with Crippen LogP contribution in [0.3, 0.4) is 0 Å². The van der Waals surface area contributed by atoms with Crippen molar-refractivity contribution in [2.75, 3.05) is 31.8 Å². The molecule has 27 heavy (non-hydrogen) atoms. The Balaban J connectivity index is 1.92. The van der Waals surface area contributed by atoms with Crippen molar-refractivity contribution in [3.05, 3.63) is 59.7 Å². The van der Waals surface area contributed by atoms with E-state index in [0.29, 0.717) is 16.1 Å². The summed E-state index contributed by atoms with van der Waals surface area (Å²) in [5.41, 5.74) is 2.05. The molecule has 0 spiro atoms. The molecule has 2 amide bonds. The standard InChI is InChI=1S/C20H22N2O4S/c1-14-8-10-15(11-9-14)21-18(23)12-26-20(25)16-6-4-5-7-17(16)27-13-19(24)22(2)3/h4-11H,12-13H2,1-3H3,(H,21,23). The van der Waals surface area contributed by atoms with Crippen LogP contribution in [0.25, 0.3) is 0 Å². The van der Waals surface area contributed by atoms with Gasteiger partial charge in [0.05, 0.1) is 11.3 Å². The summed E-state index contributed by atoms with van der Waals surface area (Å²) in [7, 11) is 3.35. The number of nitrogens with one attached hydrogen (secondary N) is 1. The van der Waals surface area contributed by atoms with Gasteiger partial charge in [0.2, 0.25) is 5.91 Å². The van der Waals surface area contributed by atoms with Gasteiger partial charge in [-0.2, -0.15) is 0 Å². The van der Waals surface area contributed by atoms with Crippen LogP contribution in [0, 0.1) is 6.92 Å². The Labute approximate surface area is 162 Å². The van der Waals surface area contributed by atoms with Gasteiger partial charge in [0.1, 0.15) is 0 Å². The minimum atomic E-state index is -0.602. The van der Waals surface area contributed by atoms with Gasteiger partial charge in [0.15, 0.2) is 6.61 Å². The minimum absolute atomic E-state index is 0.0550. The number of benzene rings is 2. The summed E-state index contributed by atoms with van der Waals surface area (Å²) < 4.78 is 5.12. The average molecular weight is 386 g/mol. The van der Waals surface area contributed by atoms with Crippen molar-refractivity contribution in [2.24, 2.45) is 0 Å². The van der Waals surface area contributed by atoms with Crippen molar-refractivity contribution in [1.82, 2.24) is 4.90 Å². The van der Waals surface area contributed by atoms with E-state index < -0.39 is 11.9 Å². The van der Waals surface area contributed by atoms with Crippen molar-refractivity contribution < 1.29 is 19.1 Å². The quantitative estimate of drug-likeness (QED) is 0.585. The van der Waals surface area contributed by atoms with Crippen molar-refractivity contribution >= 4 is 35.2 Å². The smallest absolute Gasteiger partial charge is 0.339 e. The number of ether oxygens (including phenoxy) is 1. The summed E-state index contributed by atoms with van der Waals surface area (Å²) >= 11 is 1.26. The summed E-state index contributed by atoms with van der Waals surface area (Å²) in [6.07, 6.45) is 0. The SMILES string of the molecule is Cc1ccc(NC(=O)COC(=O)c2ccccc2SCC(=O)N(C)C)cc1. The van der Waals surface area contributed by atoms with Crippen LogP contribution < -0.4 is 5.32 Å². The Bertz CT molecular complexity index is 819. The monoisotopic (exact) mass is 386 g/mol. The molecule has 0 saturated carbocycles. The molecule has 0 atom stereocenters. The molecule has 0 saturated heterocycles. The van der Waals surface area contributed by atoms with E-state index in [2.05, 4.69) is 5.32 Å². The fraction of sp³-hybridized carbons (Fsp3) is 0.250. The summed E-state index contributed by atoms with van der Waals surface area (Å²) in [6.45, 7) is 1.57. The number of anilines is 1. The Morgan fingerprint density at radius 1 is 1.04 bits per heavy atom. The van der Waals surface area contributed by atoms with E-state index in [1.165, 1.54) is 16.7 Å². The van der Waals surface area contributed by atoms with Gasteiger partial charge in [-0.3, -0.25) is 9.59 Å². The molecule has 0 aromatic heterocycles. The number of amides is 2. The number of carbonyl (C=O) groups excluding carboxylic acids is 3. The Morgan fingerprint density at radius 2 is 1.70 bits per heavy atom. The minimum Gasteiger partial charge on any atom is -0.452 e. The van der Waals surface area contributed by atoms with E-state index in [-0.39, 0.29) is 18.3 Å². The van der Waals surface area contributed by atoms with Crippen LogP contribution >= 0.6 is 11.8 Å². The van der Waals surface area contributed by atoms with E-state index >= 15 is 0 Å². The molecule has 2 aromatic carbocycles. The maximum atomic E-state index is 12.3. The van der Waals surface area contributed by atoms with Gasteiger partial charge in [-0.1, -0.05) is 29.8 Å². The third-order valence-electron chi connectivity index (χ3n) is 3.63. The molecule has 142 valence electrons. The maximum Gasteiger partial charge on any atom is 0.339 e. The summed E-state index contributed by atoms with van der Waals surface area (Å²) in [6, 6.07) is 14.2. The molecule has 6 nitrogen and oxygen atoms in total. The van der Waals surface area contributed by atoms with Gasteiger partial charge >= 0.3 is 5.97 Å². The summed E-state index contributed by atoms with van der Waals surface area (Å²) in [5.74, 6) is -0.860. The van der Waals surface area contributed by atoms with Gasteiger partial charge in [-0.05, 0) is 31.2 Å². The van der Waals surface area contributed by atoms with Crippen LogP contribution in [-0.4, -0.2) is 49.1 Å². The lowest BCUT2D eigenvalue weighted by Crippen LogP contribution is -2.23. The second-order valence-electron chi connectivity index (χ2n) is 6.06. The van der Waals surface area contributed by atoms with Crippen molar-refractivity contribution in [3.63, 3.8) is 0 Å². The lowest BCUT2D eigenvalue weighted by molar-refractivity contribution is -0.125. The predicted molar refractivity (Wildman–Crippen MR) is 106 cm³/mol. The highest BCUT2D eigenvalue weighted by Gasteiger charge is 2.16. The van der Waals surface area contributed by atoms with Gasteiger partial charge in [0.25, 0.3) is 5.91 Å². The van der Waals surface area contributed by atoms with Crippen molar-refractivity contribution in [2.45, 2.75) is 11.8 Å². The highest BCUT2D eigenvalue weighted by molar-refractivity contribution is 8.00. The van der Waals surface area contributed by atoms with Gasteiger partial charge < -0.3 is 15.0 Å². The van der Waals surface area contributed by atoms with Gasteiger partial charge in [-0.25, -0.2) is 4.79 Å². The van der Waals surface area contributed by atoms with Crippen LogP contribution in [0.5, 0.6) is 0 Å². The maximum absolute atomic E-state index is 12.3. The van der Waals surface area contributed by atoms with Crippen LogP contribution in [-0.2, 0) is 14.3 Å². The molecule has 0 aliphatic carbocycles. The molecular weight excluding hydrogens is 364 g/mol. The fourth-order valence-corrected chi connectivity index (χ4v) is 3.09. The molecule has 0 radical (unpaired) electrons. The summed E-state index contributed by atoms with van der Waals surface area (Å²) in [4.78, 5) is 38.2. The highest BCUT2D eigenvalue weighted by atomic mass is 32.2. The number of esters is 1. The highest BCUT2D eigenvalue weighted by Crippen LogP contribution is 2.23. The number of nitrogens with zero attached hydrogens (tertiary/aromatic N) is 1. The Hall–Kier alpha value is -2.80. The van der Waals surface area contributed by atoms with E-state index in [1.54, 1.807) is 50.5 Å². The fourth-order valence-electron chi connectivity index (χ4n) is 2.07. The average Bonchev–Trinajstić information content (AvgIpc) is 2.66. The second-order valence-corrected chi connectivity index (χ2v) is 7.08. The number of carbonyl (C=O) groups is 3. The first-order valence-corrected chi connectivity index (χ1v) is 9.31. The lowest BCUT2D eigenvalue weighted by Gasteiger charge is -2.12. The first-order chi connectivity index (χ1) is 12.9. The molecular formula is C20H22N2O4S. The van der Waals surface area contributed by atoms with E-state index in [4.69, 9.17) is 4.74 Å². The Kier molecular flexibility index (Phi) is 7.43. The van der Waals surface area contributed by atoms with Crippen LogP contribution in [0.1, 0.15) is 15.9 Å². The molecule has 7 heteroatoms. The molecule has 0 bridgehead atoms. The van der Waals surface area contributed by atoms with Gasteiger partial charge in [-0.15, -0.1) is 11.8 Å². The molecule has 2 rings (SSSR count). The normalized spacial score (nSPS) is 10.2. The van der Waals surface area contributed by atoms with Crippen molar-refractivity contribution in [1.29, 1.82) is 0 Å². The van der Waals surface area contributed by atoms with Crippen molar-refractivity contribution in [3.8, 4) is 0 Å². The number of rotatable bonds is 7. The lowest BCUT2D eigenvalue weighted by atomic mass is 10.2. The van der Waals surface area contributed by atoms with E-state index in [0.717, 1.165) is 5.56 Å². The zero-order valence-electron chi connectivity index (χ0n) is 15.5. The number of thioether (sulfide) groups is 1. The topological polar surface area (TPSA) is 75.7 Å². The van der Waals surface area contributed by atoms with E-state index in [9.17, 15) is 14.4 Å². The van der Waals surface area contributed by atoms with Crippen LogP contribution in [0.15, 0.2) is 53.4 Å². The molecule has 0 heterocycles. The molecule has 0 unspecified atom stereocenters. The molecule has 1 N–H and O–H groups in total. The third kappa shape index (κ3) is 6.45. The zero-order chi connectivity index (χ0) is 19.8. The third-order valence-corrected chi connectivity index (χ3v) is 4.68. The first-order valence-electron chi connectivity index (χ1n) is 8.32. The molecule has 2 aromatic rings. The van der Waals surface area contributed by atoms with Gasteiger partial charge in [0, 0.05) is 24.7 Å². The first kappa shape index (κ1) is 20.5. The van der Waals surface area contributed by atoms with E-state index in [1.807, 2.05) is 19.1 Å². The number of aryl methyl sites for hydroxylation is 1. The number of hydrogen-bond donors (Lipinski definition) is 1. The Morgan fingerprint density at radius 3 is 2.37 bits per heavy atom. The van der Waals surface area contributed by atoms with Crippen LogP contribution in [0.4, 0.5) is 5.69 Å². The number of hydrogen-bond acceptors (Lipinski definition) is 5.